The van der Waals surface area contributed by atoms with E-state index < -0.39 is 27.9 Å². The minimum Gasteiger partial charge on any atom is -0.449 e. The van der Waals surface area contributed by atoms with E-state index in [1.807, 2.05) is 24.3 Å². The van der Waals surface area contributed by atoms with Crippen LogP contribution < -0.4 is 4.72 Å². The highest BCUT2D eigenvalue weighted by Gasteiger charge is 2.28. The number of fused-ring (bicyclic) bond motifs is 1. The van der Waals surface area contributed by atoms with Crippen LogP contribution >= 0.6 is 0 Å². The summed E-state index contributed by atoms with van der Waals surface area (Å²) in [6, 6.07) is 18.1. The van der Waals surface area contributed by atoms with Crippen LogP contribution in [0.2, 0.25) is 0 Å². The lowest BCUT2D eigenvalue weighted by molar-refractivity contribution is -0.140. The summed E-state index contributed by atoms with van der Waals surface area (Å²) < 4.78 is 46.3. The summed E-state index contributed by atoms with van der Waals surface area (Å²) in [7, 11) is -4.08. The monoisotopic (exact) mass is 482 g/mol. The minimum absolute atomic E-state index is 0.0108. The molecule has 9 heteroatoms. The third-order valence-corrected chi connectivity index (χ3v) is 6.97. The molecule has 1 aliphatic rings. The molecule has 1 aliphatic heterocycles. The molecule has 0 saturated heterocycles. The lowest BCUT2D eigenvalue weighted by atomic mass is 9.99. The molecule has 4 rings (SSSR count). The first-order valence-corrected chi connectivity index (χ1v) is 12.2. The van der Waals surface area contributed by atoms with Crippen LogP contribution in [0, 0.1) is 5.82 Å². The normalized spacial score (nSPS) is 14.1. The van der Waals surface area contributed by atoms with Crippen LogP contribution in [0.5, 0.6) is 0 Å². The van der Waals surface area contributed by atoms with E-state index in [1.54, 1.807) is 17.0 Å². The van der Waals surface area contributed by atoms with Gasteiger partial charge in [0.1, 0.15) is 5.82 Å². The van der Waals surface area contributed by atoms with Crippen LogP contribution in [0.25, 0.3) is 0 Å². The Morgan fingerprint density at radius 2 is 1.62 bits per heavy atom. The van der Waals surface area contributed by atoms with Crippen molar-refractivity contribution >= 4 is 27.6 Å². The summed E-state index contributed by atoms with van der Waals surface area (Å²) in [5.74, 6) is -1.73. The number of sulfonamides is 1. The van der Waals surface area contributed by atoms with E-state index in [9.17, 15) is 22.4 Å². The Morgan fingerprint density at radius 1 is 0.971 bits per heavy atom. The van der Waals surface area contributed by atoms with Gasteiger partial charge >= 0.3 is 5.97 Å². The number of hydrogen-bond acceptors (Lipinski definition) is 5. The molecule has 0 aromatic heterocycles. The van der Waals surface area contributed by atoms with E-state index in [0.717, 1.165) is 36.2 Å². The largest absolute Gasteiger partial charge is 0.449 e. The standard InChI is InChI=1S/C25H23FN2O5S/c1-17(24(29)28-15-14-18-6-2-3-7-19(18)16-28)33-25(30)22-8-4-5-9-23(22)27-34(31,32)21-12-10-20(26)11-13-21/h2-13,17,27H,14-16H2,1H3/t17-/m0/s1. The lowest BCUT2D eigenvalue weighted by Crippen LogP contribution is -2.42. The molecule has 0 spiro atoms. The van der Waals surface area contributed by atoms with Gasteiger partial charge in [-0.2, -0.15) is 0 Å². The molecular weight excluding hydrogens is 459 g/mol. The second kappa shape index (κ2) is 9.64. The predicted molar refractivity (Wildman–Crippen MR) is 124 cm³/mol. The first-order valence-electron chi connectivity index (χ1n) is 10.7. The maximum atomic E-state index is 13.2. The Morgan fingerprint density at radius 3 is 2.35 bits per heavy atom. The van der Waals surface area contributed by atoms with Crippen molar-refractivity contribution in [3.8, 4) is 0 Å². The molecule has 1 N–H and O–H groups in total. The number of esters is 1. The summed E-state index contributed by atoms with van der Waals surface area (Å²) >= 11 is 0. The SMILES string of the molecule is C[C@H](OC(=O)c1ccccc1NS(=O)(=O)c1ccc(F)cc1)C(=O)N1CCc2ccccc2C1. The van der Waals surface area contributed by atoms with Crippen molar-refractivity contribution in [2.24, 2.45) is 0 Å². The van der Waals surface area contributed by atoms with Gasteiger partial charge in [0.15, 0.2) is 6.10 Å². The fraction of sp³-hybridized carbons (Fsp3) is 0.200. The van der Waals surface area contributed by atoms with Gasteiger partial charge in [0, 0.05) is 13.1 Å². The Kier molecular flexibility index (Phi) is 6.65. The maximum absolute atomic E-state index is 13.2. The highest BCUT2D eigenvalue weighted by molar-refractivity contribution is 7.92. The first kappa shape index (κ1) is 23.4. The number of amides is 1. The second-order valence-corrected chi connectivity index (χ2v) is 9.61. The van der Waals surface area contributed by atoms with Crippen molar-refractivity contribution < 1.29 is 27.1 Å². The van der Waals surface area contributed by atoms with Crippen molar-refractivity contribution in [3.63, 3.8) is 0 Å². The molecule has 0 saturated carbocycles. The smallest absolute Gasteiger partial charge is 0.341 e. The number of hydrogen-bond donors (Lipinski definition) is 1. The average Bonchev–Trinajstić information content (AvgIpc) is 2.83. The zero-order valence-electron chi connectivity index (χ0n) is 18.4. The van der Waals surface area contributed by atoms with E-state index in [1.165, 1.54) is 24.6 Å². The van der Waals surface area contributed by atoms with Crippen LogP contribution in [-0.2, 0) is 32.5 Å². The summed E-state index contributed by atoms with van der Waals surface area (Å²) in [4.78, 5) is 27.2. The average molecular weight is 483 g/mol. The fourth-order valence-electron chi connectivity index (χ4n) is 3.78. The number of rotatable bonds is 6. The third kappa shape index (κ3) is 5.09. The zero-order valence-corrected chi connectivity index (χ0v) is 19.2. The predicted octanol–water partition coefficient (Wildman–Crippen LogP) is 3.76. The van der Waals surface area contributed by atoms with Crippen molar-refractivity contribution in [3.05, 3.63) is 95.3 Å². The highest BCUT2D eigenvalue weighted by atomic mass is 32.2. The van der Waals surface area contributed by atoms with Crippen molar-refractivity contribution in [2.75, 3.05) is 11.3 Å². The summed E-state index contributed by atoms with van der Waals surface area (Å²) in [6.07, 6.45) is -0.337. The van der Waals surface area contributed by atoms with E-state index in [-0.39, 0.29) is 22.1 Å². The van der Waals surface area contributed by atoms with Gasteiger partial charge in [0.2, 0.25) is 0 Å². The minimum atomic E-state index is -4.08. The Balaban J connectivity index is 1.46. The van der Waals surface area contributed by atoms with Gasteiger partial charge in [-0.05, 0) is 60.9 Å². The van der Waals surface area contributed by atoms with Crippen LogP contribution in [0.4, 0.5) is 10.1 Å². The number of carbonyl (C=O) groups is 2. The number of carbonyl (C=O) groups excluding carboxylic acids is 2. The number of para-hydroxylation sites is 1. The molecule has 0 aliphatic carbocycles. The first-order chi connectivity index (χ1) is 16.2. The van der Waals surface area contributed by atoms with Gasteiger partial charge in [-0.3, -0.25) is 9.52 Å². The fourth-order valence-corrected chi connectivity index (χ4v) is 4.86. The van der Waals surface area contributed by atoms with E-state index in [0.29, 0.717) is 13.1 Å². The number of halogens is 1. The third-order valence-electron chi connectivity index (χ3n) is 5.59. The maximum Gasteiger partial charge on any atom is 0.341 e. The molecule has 0 radical (unpaired) electrons. The van der Waals surface area contributed by atoms with Crippen molar-refractivity contribution in [2.45, 2.75) is 30.9 Å². The molecule has 0 unspecified atom stereocenters. The number of nitrogens with zero attached hydrogens (tertiary/aromatic N) is 1. The number of nitrogens with one attached hydrogen (secondary N) is 1. The highest BCUT2D eigenvalue weighted by Crippen LogP contribution is 2.23. The summed E-state index contributed by atoms with van der Waals surface area (Å²) in [5, 5.41) is 0. The van der Waals surface area contributed by atoms with E-state index in [4.69, 9.17) is 4.74 Å². The van der Waals surface area contributed by atoms with Crippen LogP contribution in [0.3, 0.4) is 0 Å². The Hall–Kier alpha value is -3.72. The molecule has 0 bridgehead atoms. The van der Waals surface area contributed by atoms with Gasteiger partial charge in [-0.25, -0.2) is 17.6 Å². The van der Waals surface area contributed by atoms with Gasteiger partial charge in [0.05, 0.1) is 16.1 Å². The Labute approximate surface area is 197 Å². The Bertz CT molecular complexity index is 1330. The number of benzene rings is 3. The summed E-state index contributed by atoms with van der Waals surface area (Å²) in [5.41, 5.74) is 2.19. The van der Waals surface area contributed by atoms with Gasteiger partial charge < -0.3 is 9.64 Å². The van der Waals surface area contributed by atoms with E-state index in [2.05, 4.69) is 4.72 Å². The second-order valence-electron chi connectivity index (χ2n) is 7.93. The van der Waals surface area contributed by atoms with Gasteiger partial charge in [0.25, 0.3) is 15.9 Å². The molecule has 0 fully saturated rings. The number of ether oxygens (including phenoxy) is 1. The van der Waals surface area contributed by atoms with Gasteiger partial charge in [-0.1, -0.05) is 36.4 Å². The van der Waals surface area contributed by atoms with E-state index >= 15 is 0 Å². The van der Waals surface area contributed by atoms with Crippen LogP contribution in [0.15, 0.2) is 77.7 Å². The van der Waals surface area contributed by atoms with Crippen molar-refractivity contribution in [1.29, 1.82) is 0 Å². The molecule has 176 valence electrons. The molecule has 34 heavy (non-hydrogen) atoms. The topological polar surface area (TPSA) is 92.8 Å². The molecule has 1 amide bonds. The van der Waals surface area contributed by atoms with Crippen molar-refractivity contribution in [1.82, 2.24) is 4.90 Å². The van der Waals surface area contributed by atoms with Crippen LogP contribution in [-0.4, -0.2) is 37.8 Å². The molecule has 7 nitrogen and oxygen atoms in total. The van der Waals surface area contributed by atoms with Gasteiger partial charge in [-0.15, -0.1) is 0 Å². The quantitative estimate of drug-likeness (QED) is 0.540. The molecule has 3 aromatic carbocycles. The molecule has 3 aromatic rings. The molecular formula is C25H23FN2O5S. The van der Waals surface area contributed by atoms with Crippen LogP contribution in [0.1, 0.15) is 28.4 Å². The number of anilines is 1. The zero-order chi connectivity index (χ0) is 24.3. The summed E-state index contributed by atoms with van der Waals surface area (Å²) in [6.45, 7) is 2.45. The lowest BCUT2D eigenvalue weighted by Gasteiger charge is -2.30. The molecule has 1 atom stereocenters. The molecule has 1 heterocycles.